The summed E-state index contributed by atoms with van der Waals surface area (Å²) < 4.78 is 1.39. The number of carbonyl (C=O) groups excluding carboxylic acids is 1. The van der Waals surface area contributed by atoms with E-state index in [1.165, 1.54) is 16.3 Å². The highest BCUT2D eigenvalue weighted by molar-refractivity contribution is 7.97. The van der Waals surface area contributed by atoms with E-state index in [0.717, 1.165) is 12.2 Å². The van der Waals surface area contributed by atoms with Gasteiger partial charge in [0.1, 0.15) is 5.50 Å². The van der Waals surface area contributed by atoms with E-state index in [2.05, 4.69) is 0 Å². The van der Waals surface area contributed by atoms with E-state index in [1.54, 1.807) is 0 Å². The fourth-order valence-electron chi connectivity index (χ4n) is 0.648. The summed E-state index contributed by atoms with van der Waals surface area (Å²) in [6.07, 6.45) is 0.829. The SMILES string of the molecule is NC(=O)N1SCC[C@@H]1Cl. The molecule has 1 aliphatic heterocycles. The summed E-state index contributed by atoms with van der Waals surface area (Å²) in [5.74, 6) is 0.886. The van der Waals surface area contributed by atoms with Crippen molar-refractivity contribution >= 4 is 29.6 Å². The van der Waals surface area contributed by atoms with Gasteiger partial charge < -0.3 is 5.73 Å². The Labute approximate surface area is 62.7 Å². The Balaban J connectivity index is 2.49. The molecule has 52 valence electrons. The van der Waals surface area contributed by atoms with Crippen LogP contribution in [-0.2, 0) is 0 Å². The van der Waals surface area contributed by atoms with Crippen LogP contribution in [0.2, 0.25) is 0 Å². The van der Waals surface area contributed by atoms with E-state index in [1.807, 2.05) is 0 Å². The maximum atomic E-state index is 10.5. The first-order valence-corrected chi connectivity index (χ1v) is 3.95. The van der Waals surface area contributed by atoms with Crippen LogP contribution in [-0.4, -0.2) is 21.6 Å². The van der Waals surface area contributed by atoms with Crippen molar-refractivity contribution in [1.82, 2.24) is 4.31 Å². The number of halogens is 1. The lowest BCUT2D eigenvalue weighted by molar-refractivity contribution is 0.234. The molecular formula is C4H7ClN2OS. The number of hydrogen-bond acceptors (Lipinski definition) is 2. The molecule has 9 heavy (non-hydrogen) atoms. The maximum Gasteiger partial charge on any atom is 0.326 e. The number of nitrogens with two attached hydrogens (primary N) is 1. The molecular weight excluding hydrogens is 160 g/mol. The van der Waals surface area contributed by atoms with Crippen LogP contribution in [0.3, 0.4) is 0 Å². The molecule has 3 nitrogen and oxygen atoms in total. The fraction of sp³-hybridized carbons (Fsp3) is 0.750. The quantitative estimate of drug-likeness (QED) is 0.331. The molecule has 0 aromatic rings. The van der Waals surface area contributed by atoms with Gasteiger partial charge in [-0.1, -0.05) is 11.6 Å². The summed E-state index contributed by atoms with van der Waals surface area (Å²) in [5, 5.41) is 0. The zero-order valence-corrected chi connectivity index (χ0v) is 6.28. The van der Waals surface area contributed by atoms with Crippen LogP contribution in [0.1, 0.15) is 6.42 Å². The summed E-state index contributed by atoms with van der Waals surface area (Å²) in [7, 11) is 0. The Morgan fingerprint density at radius 3 is 2.78 bits per heavy atom. The molecule has 0 saturated carbocycles. The van der Waals surface area contributed by atoms with Crippen molar-refractivity contribution in [2.24, 2.45) is 5.73 Å². The van der Waals surface area contributed by atoms with Crippen molar-refractivity contribution in [2.75, 3.05) is 5.75 Å². The summed E-state index contributed by atoms with van der Waals surface area (Å²) in [6, 6.07) is -0.447. The average molecular weight is 167 g/mol. The van der Waals surface area contributed by atoms with Gasteiger partial charge in [0.2, 0.25) is 0 Å². The highest BCUT2D eigenvalue weighted by Crippen LogP contribution is 2.28. The fourth-order valence-corrected chi connectivity index (χ4v) is 2.07. The third-order valence-electron chi connectivity index (χ3n) is 1.06. The minimum atomic E-state index is -0.447. The lowest BCUT2D eigenvalue weighted by Crippen LogP contribution is -2.31. The number of primary amides is 1. The molecule has 1 fully saturated rings. The summed E-state index contributed by atoms with van der Waals surface area (Å²) in [6.45, 7) is 0. The molecule has 0 spiro atoms. The molecule has 0 aromatic heterocycles. The van der Waals surface area contributed by atoms with Crippen LogP contribution in [0.15, 0.2) is 0 Å². The maximum absolute atomic E-state index is 10.5. The average Bonchev–Trinajstić information content (AvgIpc) is 2.13. The van der Waals surface area contributed by atoms with Crippen LogP contribution in [0.25, 0.3) is 0 Å². The zero-order valence-electron chi connectivity index (χ0n) is 4.71. The van der Waals surface area contributed by atoms with Crippen molar-refractivity contribution in [2.45, 2.75) is 11.9 Å². The second kappa shape index (κ2) is 2.66. The van der Waals surface area contributed by atoms with Crippen molar-refractivity contribution in [1.29, 1.82) is 0 Å². The minimum Gasteiger partial charge on any atom is -0.351 e. The standard InChI is InChI=1S/C4H7ClN2OS/c5-3-1-2-9-7(3)4(6)8/h3H,1-2H2,(H2,6,8)/t3-/m1/s1. The molecule has 5 heteroatoms. The number of amides is 2. The Bertz CT molecular complexity index is 132. The van der Waals surface area contributed by atoms with Gasteiger partial charge in [-0.2, -0.15) is 0 Å². The summed E-state index contributed by atoms with van der Waals surface area (Å²) >= 11 is 7.06. The van der Waals surface area contributed by atoms with Gasteiger partial charge in [0.05, 0.1) is 0 Å². The number of hydrogen-bond donors (Lipinski definition) is 1. The molecule has 1 rings (SSSR count). The van der Waals surface area contributed by atoms with E-state index < -0.39 is 6.03 Å². The Hall–Kier alpha value is -0.0900. The lowest BCUT2D eigenvalue weighted by Gasteiger charge is -2.13. The van der Waals surface area contributed by atoms with Gasteiger partial charge >= 0.3 is 6.03 Å². The minimum absolute atomic E-state index is 0.201. The first-order valence-electron chi connectivity index (χ1n) is 2.57. The van der Waals surface area contributed by atoms with Gasteiger partial charge in [0.15, 0.2) is 0 Å². The Kier molecular flexibility index (Phi) is 2.08. The number of rotatable bonds is 0. The smallest absolute Gasteiger partial charge is 0.326 e. The van der Waals surface area contributed by atoms with E-state index in [0.29, 0.717) is 0 Å². The number of alkyl halides is 1. The van der Waals surface area contributed by atoms with Crippen molar-refractivity contribution in [3.8, 4) is 0 Å². The molecule has 2 amide bonds. The second-order valence-electron chi connectivity index (χ2n) is 1.72. The van der Waals surface area contributed by atoms with Gasteiger partial charge in [-0.3, -0.25) is 4.31 Å². The summed E-state index contributed by atoms with van der Waals surface area (Å²) in [5.41, 5.74) is 4.77. The largest absolute Gasteiger partial charge is 0.351 e. The molecule has 0 radical (unpaired) electrons. The van der Waals surface area contributed by atoms with Crippen molar-refractivity contribution in [3.63, 3.8) is 0 Å². The molecule has 1 atom stereocenters. The van der Waals surface area contributed by atoms with Gasteiger partial charge in [0, 0.05) is 5.75 Å². The Morgan fingerprint density at radius 2 is 2.56 bits per heavy atom. The highest BCUT2D eigenvalue weighted by atomic mass is 35.5. The zero-order chi connectivity index (χ0) is 6.85. The molecule has 1 heterocycles. The predicted octanol–water partition coefficient (Wildman–Crippen LogP) is 0.984. The predicted molar refractivity (Wildman–Crippen MR) is 38.1 cm³/mol. The first-order chi connectivity index (χ1) is 4.22. The topological polar surface area (TPSA) is 46.3 Å². The normalized spacial score (nSPS) is 26.8. The van der Waals surface area contributed by atoms with E-state index in [9.17, 15) is 4.79 Å². The van der Waals surface area contributed by atoms with Crippen molar-refractivity contribution < 1.29 is 4.79 Å². The third-order valence-corrected chi connectivity index (χ3v) is 2.72. The number of nitrogens with zero attached hydrogens (tertiary/aromatic N) is 1. The lowest BCUT2D eigenvalue weighted by atomic mass is 10.5. The van der Waals surface area contributed by atoms with Crippen LogP contribution >= 0.6 is 23.5 Å². The number of carbonyl (C=O) groups is 1. The molecule has 0 aliphatic carbocycles. The van der Waals surface area contributed by atoms with Crippen molar-refractivity contribution in [3.05, 3.63) is 0 Å². The highest BCUT2D eigenvalue weighted by Gasteiger charge is 2.25. The van der Waals surface area contributed by atoms with Crippen LogP contribution in [0.5, 0.6) is 0 Å². The summed E-state index contributed by atoms with van der Waals surface area (Å²) in [4.78, 5) is 10.5. The molecule has 1 aliphatic rings. The molecule has 1 saturated heterocycles. The van der Waals surface area contributed by atoms with Gasteiger partial charge in [0.25, 0.3) is 0 Å². The number of urea groups is 1. The Morgan fingerprint density at radius 1 is 1.89 bits per heavy atom. The van der Waals surface area contributed by atoms with Gasteiger partial charge in [-0.05, 0) is 18.4 Å². The molecule has 0 unspecified atom stereocenters. The van der Waals surface area contributed by atoms with Crippen LogP contribution in [0.4, 0.5) is 4.79 Å². The third kappa shape index (κ3) is 1.43. The van der Waals surface area contributed by atoms with E-state index in [-0.39, 0.29) is 5.50 Å². The van der Waals surface area contributed by atoms with Crippen LogP contribution < -0.4 is 5.73 Å². The second-order valence-corrected chi connectivity index (χ2v) is 3.28. The van der Waals surface area contributed by atoms with E-state index in [4.69, 9.17) is 17.3 Å². The first kappa shape index (κ1) is 7.02. The molecule has 0 bridgehead atoms. The monoisotopic (exact) mass is 166 g/mol. The van der Waals surface area contributed by atoms with Crippen LogP contribution in [0, 0.1) is 0 Å². The van der Waals surface area contributed by atoms with Gasteiger partial charge in [-0.15, -0.1) is 0 Å². The van der Waals surface area contributed by atoms with E-state index >= 15 is 0 Å². The van der Waals surface area contributed by atoms with Gasteiger partial charge in [-0.25, -0.2) is 4.79 Å². The molecule has 0 aromatic carbocycles. The molecule has 2 N–H and O–H groups in total.